The second-order valence-corrected chi connectivity index (χ2v) is 4.49. The summed E-state index contributed by atoms with van der Waals surface area (Å²) in [6.45, 7) is 5.66. The van der Waals surface area contributed by atoms with E-state index in [1.807, 2.05) is 13.8 Å². The van der Waals surface area contributed by atoms with Crippen LogP contribution in [0.5, 0.6) is 0 Å². The van der Waals surface area contributed by atoms with Crippen molar-refractivity contribution >= 4 is 11.7 Å². The van der Waals surface area contributed by atoms with Gasteiger partial charge >= 0.3 is 0 Å². The van der Waals surface area contributed by atoms with E-state index in [0.717, 1.165) is 0 Å². The Hall–Kier alpha value is -2.11. The smallest absolute Gasteiger partial charge is 0.262 e. The highest BCUT2D eigenvalue weighted by Crippen LogP contribution is 2.22. The maximum atomic E-state index is 12.2. The molecule has 0 saturated carbocycles. The van der Waals surface area contributed by atoms with Gasteiger partial charge in [0.05, 0.1) is 5.69 Å². The molecule has 6 heteroatoms. The molecule has 2 aromatic heterocycles. The fraction of sp³-hybridized carbons (Fsp3) is 0.417. The van der Waals surface area contributed by atoms with Crippen LogP contribution in [-0.4, -0.2) is 20.8 Å². The number of aryl methyl sites for hydroxylation is 2. The lowest BCUT2D eigenvalue weighted by Crippen LogP contribution is -2.15. The van der Waals surface area contributed by atoms with Gasteiger partial charge in [0.1, 0.15) is 5.56 Å². The summed E-state index contributed by atoms with van der Waals surface area (Å²) in [6, 6.07) is 1.73. The Morgan fingerprint density at radius 2 is 2.22 bits per heavy atom. The highest BCUT2D eigenvalue weighted by molar-refractivity contribution is 6.05. The summed E-state index contributed by atoms with van der Waals surface area (Å²) in [5, 5.41) is 10.7. The van der Waals surface area contributed by atoms with E-state index in [2.05, 4.69) is 15.6 Å². The van der Waals surface area contributed by atoms with Crippen LogP contribution in [-0.2, 0) is 7.05 Å². The van der Waals surface area contributed by atoms with Gasteiger partial charge in [-0.2, -0.15) is 5.10 Å². The first-order valence-corrected chi connectivity index (χ1v) is 5.76. The minimum atomic E-state index is -0.240. The number of anilines is 1. The molecule has 0 radical (unpaired) electrons. The fourth-order valence-electron chi connectivity index (χ4n) is 1.72. The van der Waals surface area contributed by atoms with Crippen molar-refractivity contribution < 1.29 is 9.32 Å². The average molecular weight is 248 g/mol. The molecule has 0 unspecified atom stereocenters. The van der Waals surface area contributed by atoms with Gasteiger partial charge in [0, 0.05) is 25.2 Å². The Balaban J connectivity index is 2.26. The maximum Gasteiger partial charge on any atom is 0.262 e. The predicted octanol–water partition coefficient (Wildman–Crippen LogP) is 2.09. The number of amides is 1. The number of nitrogens with one attached hydrogen (secondary N) is 1. The van der Waals surface area contributed by atoms with Gasteiger partial charge in [-0.3, -0.25) is 9.48 Å². The van der Waals surface area contributed by atoms with Crippen LogP contribution >= 0.6 is 0 Å². The molecule has 0 fully saturated rings. The molecule has 0 bridgehead atoms. The van der Waals surface area contributed by atoms with Gasteiger partial charge in [-0.15, -0.1) is 0 Å². The highest BCUT2D eigenvalue weighted by Gasteiger charge is 2.22. The normalized spacial score (nSPS) is 10.9. The number of rotatable bonds is 3. The molecule has 18 heavy (non-hydrogen) atoms. The zero-order chi connectivity index (χ0) is 13.3. The number of carbonyl (C=O) groups is 1. The van der Waals surface area contributed by atoms with E-state index in [0.29, 0.717) is 22.8 Å². The first-order valence-electron chi connectivity index (χ1n) is 5.76. The molecule has 0 spiro atoms. The topological polar surface area (TPSA) is 73.0 Å². The molecule has 0 saturated heterocycles. The first-order chi connectivity index (χ1) is 8.49. The van der Waals surface area contributed by atoms with Crippen LogP contribution in [0.25, 0.3) is 0 Å². The molecule has 0 aliphatic rings. The Morgan fingerprint density at radius 3 is 2.78 bits per heavy atom. The van der Waals surface area contributed by atoms with E-state index in [4.69, 9.17) is 4.52 Å². The first kappa shape index (κ1) is 12.3. The summed E-state index contributed by atoms with van der Waals surface area (Å²) in [5.41, 5.74) is 1.09. The zero-order valence-electron chi connectivity index (χ0n) is 10.9. The molecule has 1 amide bonds. The standard InChI is InChI=1S/C12H16N4O2/c1-7(2)11-10(8(3)15-18-11)12(17)13-9-5-6-16(4)14-9/h5-7H,1-4H3,(H,13,14,17). The monoisotopic (exact) mass is 248 g/mol. The zero-order valence-corrected chi connectivity index (χ0v) is 10.9. The van der Waals surface area contributed by atoms with Crippen LogP contribution < -0.4 is 5.32 Å². The fourth-order valence-corrected chi connectivity index (χ4v) is 1.72. The van der Waals surface area contributed by atoms with Gasteiger partial charge in [0.15, 0.2) is 11.6 Å². The van der Waals surface area contributed by atoms with Crippen molar-refractivity contribution in [3.05, 3.63) is 29.3 Å². The van der Waals surface area contributed by atoms with E-state index >= 15 is 0 Å². The minimum Gasteiger partial charge on any atom is -0.360 e. The largest absolute Gasteiger partial charge is 0.360 e. The molecule has 0 aliphatic heterocycles. The summed E-state index contributed by atoms with van der Waals surface area (Å²) in [6.07, 6.45) is 1.76. The number of aromatic nitrogens is 3. The molecule has 2 aromatic rings. The summed E-state index contributed by atoms with van der Waals surface area (Å²) in [4.78, 5) is 12.2. The van der Waals surface area contributed by atoms with Crippen molar-refractivity contribution in [1.29, 1.82) is 0 Å². The molecular formula is C12H16N4O2. The third-order valence-corrected chi connectivity index (χ3v) is 2.60. The van der Waals surface area contributed by atoms with Crippen molar-refractivity contribution in [3.8, 4) is 0 Å². The van der Waals surface area contributed by atoms with E-state index in [-0.39, 0.29) is 11.8 Å². The van der Waals surface area contributed by atoms with E-state index < -0.39 is 0 Å². The van der Waals surface area contributed by atoms with Crippen molar-refractivity contribution in [2.24, 2.45) is 7.05 Å². The van der Waals surface area contributed by atoms with Gasteiger partial charge in [0.25, 0.3) is 5.91 Å². The molecule has 0 aromatic carbocycles. The SMILES string of the molecule is Cc1noc(C(C)C)c1C(=O)Nc1ccn(C)n1. The second-order valence-electron chi connectivity index (χ2n) is 4.49. The summed E-state index contributed by atoms with van der Waals surface area (Å²) >= 11 is 0. The lowest BCUT2D eigenvalue weighted by Gasteiger charge is -2.04. The van der Waals surface area contributed by atoms with Gasteiger partial charge in [0.2, 0.25) is 0 Å². The minimum absolute atomic E-state index is 0.107. The van der Waals surface area contributed by atoms with Crippen molar-refractivity contribution in [1.82, 2.24) is 14.9 Å². The Labute approximate surface area is 105 Å². The summed E-state index contributed by atoms with van der Waals surface area (Å²) in [5.74, 6) is 0.977. The third kappa shape index (κ3) is 2.27. The van der Waals surface area contributed by atoms with Crippen LogP contribution in [0.15, 0.2) is 16.8 Å². The van der Waals surface area contributed by atoms with Crippen molar-refractivity contribution in [3.63, 3.8) is 0 Å². The molecule has 0 aliphatic carbocycles. The van der Waals surface area contributed by atoms with Gasteiger partial charge < -0.3 is 9.84 Å². The Morgan fingerprint density at radius 1 is 1.50 bits per heavy atom. The molecule has 6 nitrogen and oxygen atoms in total. The average Bonchev–Trinajstić information content (AvgIpc) is 2.85. The Kier molecular flexibility index (Phi) is 3.18. The maximum absolute atomic E-state index is 12.2. The number of nitrogens with zero attached hydrogens (tertiary/aromatic N) is 3. The molecule has 2 rings (SSSR count). The molecular weight excluding hydrogens is 232 g/mol. The Bertz CT molecular complexity index is 568. The number of hydrogen-bond donors (Lipinski definition) is 1. The van der Waals surface area contributed by atoms with Crippen LogP contribution in [0.2, 0.25) is 0 Å². The number of hydrogen-bond acceptors (Lipinski definition) is 4. The van der Waals surface area contributed by atoms with E-state index in [1.165, 1.54) is 0 Å². The van der Waals surface area contributed by atoms with Crippen LogP contribution in [0.1, 0.15) is 41.6 Å². The summed E-state index contributed by atoms with van der Waals surface area (Å²) < 4.78 is 6.81. The highest BCUT2D eigenvalue weighted by atomic mass is 16.5. The quantitative estimate of drug-likeness (QED) is 0.902. The lowest BCUT2D eigenvalue weighted by molar-refractivity contribution is 0.102. The van der Waals surface area contributed by atoms with Crippen molar-refractivity contribution in [2.45, 2.75) is 26.7 Å². The third-order valence-electron chi connectivity index (χ3n) is 2.60. The molecule has 2 heterocycles. The molecule has 96 valence electrons. The van der Waals surface area contributed by atoms with Gasteiger partial charge in [-0.1, -0.05) is 19.0 Å². The van der Waals surface area contributed by atoms with Crippen LogP contribution in [0, 0.1) is 6.92 Å². The van der Waals surface area contributed by atoms with Gasteiger partial charge in [-0.25, -0.2) is 0 Å². The van der Waals surface area contributed by atoms with E-state index in [1.54, 1.807) is 30.9 Å². The van der Waals surface area contributed by atoms with Crippen LogP contribution in [0.3, 0.4) is 0 Å². The summed E-state index contributed by atoms with van der Waals surface area (Å²) in [7, 11) is 1.79. The van der Waals surface area contributed by atoms with Crippen molar-refractivity contribution in [2.75, 3.05) is 5.32 Å². The van der Waals surface area contributed by atoms with Crippen LogP contribution in [0.4, 0.5) is 5.82 Å². The molecule has 1 N–H and O–H groups in total. The molecule has 0 atom stereocenters. The number of carbonyl (C=O) groups excluding carboxylic acids is 1. The second kappa shape index (κ2) is 4.64. The lowest BCUT2D eigenvalue weighted by atomic mass is 10.0. The van der Waals surface area contributed by atoms with E-state index in [9.17, 15) is 4.79 Å². The predicted molar refractivity (Wildman–Crippen MR) is 66.5 cm³/mol. The van der Waals surface area contributed by atoms with Gasteiger partial charge in [-0.05, 0) is 6.92 Å².